The van der Waals surface area contributed by atoms with Gasteiger partial charge in [0.1, 0.15) is 0 Å². The predicted octanol–water partition coefficient (Wildman–Crippen LogP) is 4.35. The first-order valence-electron chi connectivity index (χ1n) is 9.02. The van der Waals surface area contributed by atoms with Gasteiger partial charge >= 0.3 is 0 Å². The molecule has 0 saturated heterocycles. The number of hydrogen-bond acceptors (Lipinski definition) is 3. The van der Waals surface area contributed by atoms with Crippen LogP contribution in [-0.4, -0.2) is 21.3 Å². The lowest BCUT2D eigenvalue weighted by molar-refractivity contribution is -0.121. The second-order valence-corrected chi connectivity index (χ2v) is 7.61. The third kappa shape index (κ3) is 4.26. The van der Waals surface area contributed by atoms with Gasteiger partial charge in [0.2, 0.25) is 5.91 Å². The number of imidazole rings is 1. The van der Waals surface area contributed by atoms with Crippen LogP contribution in [0, 0.1) is 0 Å². The van der Waals surface area contributed by atoms with Crippen molar-refractivity contribution in [3.63, 3.8) is 0 Å². The van der Waals surface area contributed by atoms with Crippen LogP contribution in [0.2, 0.25) is 0 Å². The molecule has 0 fully saturated rings. The van der Waals surface area contributed by atoms with Crippen LogP contribution in [-0.2, 0) is 17.6 Å². The van der Waals surface area contributed by atoms with Crippen molar-refractivity contribution in [3.05, 3.63) is 83.6 Å². The number of carbonyl (C=O) groups excluding carboxylic acids is 1. The number of nitrogens with one attached hydrogen (secondary N) is 1. The van der Waals surface area contributed by atoms with Gasteiger partial charge in [-0.2, -0.15) is 0 Å². The zero-order chi connectivity index (χ0) is 18.6. The van der Waals surface area contributed by atoms with Crippen LogP contribution in [0.3, 0.4) is 0 Å². The fourth-order valence-electron chi connectivity index (χ4n) is 3.22. The zero-order valence-corrected chi connectivity index (χ0v) is 15.9. The number of carbonyl (C=O) groups is 1. The first kappa shape index (κ1) is 17.5. The first-order valence-corrected chi connectivity index (χ1v) is 9.90. The smallest absolute Gasteiger partial charge is 0.226 e. The normalized spacial score (nSPS) is 12.2. The van der Waals surface area contributed by atoms with E-state index in [1.54, 1.807) is 11.3 Å². The van der Waals surface area contributed by atoms with E-state index in [-0.39, 0.29) is 11.9 Å². The number of hydrogen-bond donors (Lipinski definition) is 1. The average Bonchev–Trinajstić information content (AvgIpc) is 3.24. The molecule has 5 heteroatoms. The Hall–Kier alpha value is -2.92. The Morgan fingerprint density at radius 2 is 1.85 bits per heavy atom. The Bertz CT molecular complexity index is 1010. The highest BCUT2D eigenvalue weighted by atomic mass is 32.1. The molecular weight excluding hydrogens is 354 g/mol. The van der Waals surface area contributed by atoms with Crippen LogP contribution < -0.4 is 5.32 Å². The van der Waals surface area contributed by atoms with Crippen molar-refractivity contribution in [2.45, 2.75) is 25.8 Å². The second-order valence-electron chi connectivity index (χ2n) is 6.74. The van der Waals surface area contributed by atoms with E-state index in [9.17, 15) is 4.79 Å². The predicted molar refractivity (Wildman–Crippen MR) is 110 cm³/mol. The quantitative estimate of drug-likeness (QED) is 0.544. The summed E-state index contributed by atoms with van der Waals surface area (Å²) < 4.78 is 1.95. The molecular formula is C22H21N3OS. The van der Waals surface area contributed by atoms with Crippen molar-refractivity contribution in [1.82, 2.24) is 14.7 Å². The maximum absolute atomic E-state index is 12.3. The maximum Gasteiger partial charge on any atom is 0.226 e. The number of benzene rings is 2. The Balaban J connectivity index is 1.32. The summed E-state index contributed by atoms with van der Waals surface area (Å²) in [6.45, 7) is 2.04. The van der Waals surface area contributed by atoms with E-state index in [4.69, 9.17) is 0 Å². The summed E-state index contributed by atoms with van der Waals surface area (Å²) in [5.74, 6) is 0.00848. The van der Waals surface area contributed by atoms with Gasteiger partial charge in [0.15, 0.2) is 4.96 Å². The molecule has 4 rings (SSSR count). The summed E-state index contributed by atoms with van der Waals surface area (Å²) >= 11 is 1.57. The Morgan fingerprint density at radius 3 is 2.59 bits per heavy atom. The molecule has 4 aromatic rings. The molecule has 0 radical (unpaired) electrons. The number of nitrogens with zero attached hydrogens (tertiary/aromatic N) is 2. The van der Waals surface area contributed by atoms with Crippen LogP contribution in [0.4, 0.5) is 0 Å². The molecule has 1 atom stereocenters. The molecule has 0 bridgehead atoms. The lowest BCUT2D eigenvalue weighted by Crippen LogP contribution is -2.35. The molecule has 1 amide bonds. The Labute approximate surface area is 162 Å². The molecule has 27 heavy (non-hydrogen) atoms. The topological polar surface area (TPSA) is 46.4 Å². The minimum Gasteiger partial charge on any atom is -0.353 e. The van der Waals surface area contributed by atoms with Crippen molar-refractivity contribution >= 4 is 22.2 Å². The van der Waals surface area contributed by atoms with Crippen LogP contribution in [0.25, 0.3) is 16.1 Å². The van der Waals surface area contributed by atoms with E-state index in [1.807, 2.05) is 47.3 Å². The van der Waals surface area contributed by atoms with Crippen molar-refractivity contribution < 1.29 is 4.79 Å². The van der Waals surface area contributed by atoms with Gasteiger partial charge in [0, 0.05) is 23.8 Å². The Kier molecular flexibility index (Phi) is 5.03. The number of aromatic nitrogens is 2. The van der Waals surface area contributed by atoms with Gasteiger partial charge in [0.05, 0.1) is 12.1 Å². The number of thiazole rings is 1. The fourth-order valence-corrected chi connectivity index (χ4v) is 3.94. The molecule has 2 aromatic heterocycles. The highest BCUT2D eigenvalue weighted by molar-refractivity contribution is 7.15. The monoisotopic (exact) mass is 375 g/mol. The molecule has 0 aliphatic heterocycles. The van der Waals surface area contributed by atoms with E-state index in [0.29, 0.717) is 6.42 Å². The lowest BCUT2D eigenvalue weighted by atomic mass is 10.0. The summed E-state index contributed by atoms with van der Waals surface area (Å²) in [4.78, 5) is 17.7. The molecule has 2 aromatic carbocycles. The fraction of sp³-hybridized carbons (Fsp3) is 0.182. The number of rotatable bonds is 6. The van der Waals surface area contributed by atoms with E-state index in [1.165, 1.54) is 16.7 Å². The summed E-state index contributed by atoms with van der Waals surface area (Å²) in [5, 5.41) is 5.06. The molecule has 1 N–H and O–H groups in total. The lowest BCUT2D eigenvalue weighted by Gasteiger charge is -2.14. The van der Waals surface area contributed by atoms with Gasteiger partial charge < -0.3 is 5.32 Å². The van der Waals surface area contributed by atoms with Crippen molar-refractivity contribution in [3.8, 4) is 11.1 Å². The molecule has 0 saturated carbocycles. The number of fused-ring (bicyclic) bond motifs is 1. The average molecular weight is 375 g/mol. The van der Waals surface area contributed by atoms with Crippen LogP contribution in [0.15, 0.2) is 72.4 Å². The largest absolute Gasteiger partial charge is 0.353 e. The Morgan fingerprint density at radius 1 is 1.11 bits per heavy atom. The second kappa shape index (κ2) is 7.76. The summed E-state index contributed by atoms with van der Waals surface area (Å²) in [6.07, 6.45) is 4.99. The van der Waals surface area contributed by atoms with Gasteiger partial charge in [0.25, 0.3) is 0 Å². The van der Waals surface area contributed by atoms with Crippen molar-refractivity contribution in [1.29, 1.82) is 0 Å². The molecule has 2 heterocycles. The molecule has 4 nitrogen and oxygen atoms in total. The molecule has 0 aliphatic carbocycles. The van der Waals surface area contributed by atoms with Gasteiger partial charge in [-0.1, -0.05) is 54.6 Å². The van der Waals surface area contributed by atoms with E-state index in [0.717, 1.165) is 17.1 Å². The van der Waals surface area contributed by atoms with Crippen molar-refractivity contribution in [2.24, 2.45) is 0 Å². The van der Waals surface area contributed by atoms with Gasteiger partial charge in [-0.3, -0.25) is 9.20 Å². The minimum absolute atomic E-state index is 0.00848. The standard InChI is InChI=1S/C22H21N3OS/c1-16(23-21(26)14-20-15-25-11-12-27-22(25)24-20)13-17-7-9-19(10-8-17)18-5-3-2-4-6-18/h2-12,15-16H,13-14H2,1H3,(H,23,26). The summed E-state index contributed by atoms with van der Waals surface area (Å²) in [7, 11) is 0. The number of amides is 1. The third-order valence-corrected chi connectivity index (χ3v) is 5.27. The van der Waals surface area contributed by atoms with Crippen LogP contribution >= 0.6 is 11.3 Å². The zero-order valence-electron chi connectivity index (χ0n) is 15.1. The molecule has 1 unspecified atom stereocenters. The van der Waals surface area contributed by atoms with Crippen molar-refractivity contribution in [2.75, 3.05) is 0 Å². The highest BCUT2D eigenvalue weighted by Crippen LogP contribution is 2.19. The summed E-state index contributed by atoms with van der Waals surface area (Å²) in [6, 6.07) is 18.9. The van der Waals surface area contributed by atoms with E-state index >= 15 is 0 Å². The van der Waals surface area contributed by atoms with E-state index in [2.05, 4.69) is 46.7 Å². The maximum atomic E-state index is 12.3. The van der Waals surface area contributed by atoms with Gasteiger partial charge in [-0.15, -0.1) is 11.3 Å². The van der Waals surface area contributed by atoms with Gasteiger partial charge in [-0.25, -0.2) is 4.98 Å². The van der Waals surface area contributed by atoms with Gasteiger partial charge in [-0.05, 0) is 30.0 Å². The highest BCUT2D eigenvalue weighted by Gasteiger charge is 2.12. The minimum atomic E-state index is 0.00848. The molecule has 0 spiro atoms. The SMILES string of the molecule is CC(Cc1ccc(-c2ccccc2)cc1)NC(=O)Cc1cn2ccsc2n1. The van der Waals surface area contributed by atoms with Crippen LogP contribution in [0.5, 0.6) is 0 Å². The van der Waals surface area contributed by atoms with Crippen LogP contribution in [0.1, 0.15) is 18.2 Å². The first-order chi connectivity index (χ1) is 13.2. The summed E-state index contributed by atoms with van der Waals surface area (Å²) in [5.41, 5.74) is 4.44. The molecule has 0 aliphatic rings. The third-order valence-electron chi connectivity index (χ3n) is 4.50. The molecule has 136 valence electrons. The van der Waals surface area contributed by atoms with E-state index < -0.39 is 0 Å².